The second kappa shape index (κ2) is 17.5. The molecule has 0 saturated heterocycles. The molecule has 12 aromatic carbocycles. The van der Waals surface area contributed by atoms with Crippen molar-refractivity contribution in [2.75, 3.05) is 14.7 Å². The summed E-state index contributed by atoms with van der Waals surface area (Å²) >= 11 is 0. The summed E-state index contributed by atoms with van der Waals surface area (Å²) in [5.74, 6) is 1.59. The number of aryl methyl sites for hydroxylation is 2. The van der Waals surface area contributed by atoms with Gasteiger partial charge in [-0.25, -0.2) is 0 Å². The average molecular weight is 1200 g/mol. The number of hydrogen-bond donors (Lipinski definition) is 0. The molecule has 1 unspecified atom stereocenters. The van der Waals surface area contributed by atoms with E-state index >= 15 is 0 Å². The smallest absolute Gasteiger partial charge is 0.160 e. The van der Waals surface area contributed by atoms with Crippen LogP contribution in [0.5, 0.6) is 11.5 Å². The van der Waals surface area contributed by atoms with Crippen LogP contribution >= 0.6 is 0 Å². The van der Waals surface area contributed by atoms with Crippen LogP contribution < -0.4 is 19.4 Å². The van der Waals surface area contributed by atoms with E-state index < -0.39 is 5.41 Å². The number of aromatic nitrogens is 1. The number of furan rings is 2. The normalized spacial score (nSPS) is 16.1. The van der Waals surface area contributed by atoms with Gasteiger partial charge in [-0.2, -0.15) is 0 Å². The molecule has 0 fully saturated rings. The maximum atomic E-state index is 7.77. The molecule has 7 heteroatoms. The Labute approximate surface area is 537 Å². The van der Waals surface area contributed by atoms with Gasteiger partial charge < -0.3 is 28.3 Å². The van der Waals surface area contributed by atoms with Crippen LogP contribution in [-0.2, 0) is 16.2 Å². The number of fused-ring (bicyclic) bond motifs is 20. The summed E-state index contributed by atoms with van der Waals surface area (Å²) in [6, 6.07) is 87.4. The molecule has 440 valence electrons. The second-order valence-corrected chi connectivity index (χ2v) is 27.4. The highest BCUT2D eigenvalue weighted by Gasteiger charge is 2.62. The SMILES string of the molecule is Cc1cccc(N(c2ccc3c(c2)C(C)(C)c2ccccc2-3)c2c3c4c(c5c2oc2ccccc25)-c2c(cc(N(c5cccc(C)c5)c5ccc6c(c5)C(C)(C)c5ccccc5-6)c5c2oc2ccccc25)C42c4cccc5c4N(c4ccccc4O5)c4ccnc-3c42)c1. The number of hydrogen-bond acceptors (Lipinski definition) is 7. The minimum atomic E-state index is -1.03. The van der Waals surface area contributed by atoms with Gasteiger partial charge in [-0.3, -0.25) is 4.98 Å². The van der Waals surface area contributed by atoms with E-state index in [2.05, 4.69) is 293 Å². The van der Waals surface area contributed by atoms with Gasteiger partial charge in [0.1, 0.15) is 16.7 Å². The fourth-order valence-electron chi connectivity index (χ4n) is 18.0. The van der Waals surface area contributed by atoms with Crippen molar-refractivity contribution in [3.8, 4) is 56.1 Å². The Morgan fingerprint density at radius 2 is 0.946 bits per heavy atom. The van der Waals surface area contributed by atoms with Crippen molar-refractivity contribution in [1.82, 2.24) is 4.98 Å². The molecule has 7 nitrogen and oxygen atoms in total. The topological polar surface area (TPSA) is 58.1 Å². The van der Waals surface area contributed by atoms with Crippen LogP contribution in [0, 0.1) is 13.8 Å². The standard InChI is InChI=1S/C86H58N4O3/c1-47-20-17-22-49(42-47)88(51-36-38-55-53-24-7-11-28-59(53)84(3,4)62(55)44-51)67-46-64-74(82-72(67)57-26-9-14-32-68(57)92-82)75-73-58-27-10-15-33-69(58)93-83(73)81(89(50-23-18-21-48(2)43-50)52-37-39-56-54-25-8-12-29-60(54)85(5,6)63(56)45-52)76-78(75)86(64)61-30-19-35-71-80(61)90(65-31-13-16-34-70(65)91-71)66-40-41-87-79(76)77(66)86/h7-46H,1-6H3. The first kappa shape index (κ1) is 51.3. The molecule has 15 aromatic rings. The molecule has 4 aliphatic carbocycles. The Hall–Kier alpha value is -11.4. The van der Waals surface area contributed by atoms with Crippen molar-refractivity contribution >= 4 is 95.1 Å². The average Bonchev–Trinajstić information content (AvgIpc) is 1.47. The summed E-state index contributed by atoms with van der Waals surface area (Å²) in [6.45, 7) is 13.9. The van der Waals surface area contributed by atoms with Crippen molar-refractivity contribution in [2.24, 2.45) is 0 Å². The van der Waals surface area contributed by atoms with E-state index in [1.54, 1.807) is 0 Å². The van der Waals surface area contributed by atoms with Gasteiger partial charge in [-0.15, -0.1) is 0 Å². The monoisotopic (exact) mass is 1190 g/mol. The molecule has 0 bridgehead atoms. The van der Waals surface area contributed by atoms with E-state index in [4.69, 9.17) is 18.6 Å². The van der Waals surface area contributed by atoms with Crippen LogP contribution in [-0.4, -0.2) is 4.98 Å². The van der Waals surface area contributed by atoms with Crippen molar-refractivity contribution < 1.29 is 13.6 Å². The number of benzene rings is 12. The summed E-state index contributed by atoms with van der Waals surface area (Å²) in [6.07, 6.45) is 2.03. The first-order valence-electron chi connectivity index (χ1n) is 32.4. The fourth-order valence-corrected chi connectivity index (χ4v) is 18.0. The molecule has 1 atom stereocenters. The molecule has 1 spiro atoms. The van der Waals surface area contributed by atoms with Gasteiger partial charge in [0.25, 0.3) is 0 Å². The van der Waals surface area contributed by atoms with Gasteiger partial charge in [-0.05, 0) is 177 Å². The van der Waals surface area contributed by atoms with Gasteiger partial charge in [-0.1, -0.05) is 173 Å². The van der Waals surface area contributed by atoms with Crippen LogP contribution in [0.3, 0.4) is 0 Å². The molecule has 0 radical (unpaired) electrons. The Kier molecular flexibility index (Phi) is 9.69. The molecule has 5 heterocycles. The van der Waals surface area contributed by atoms with Gasteiger partial charge in [0, 0.05) is 78.2 Å². The zero-order valence-corrected chi connectivity index (χ0v) is 52.1. The van der Waals surface area contributed by atoms with Crippen molar-refractivity contribution in [2.45, 2.75) is 57.8 Å². The molecule has 21 rings (SSSR count). The number of pyridine rings is 1. The predicted molar refractivity (Wildman–Crippen MR) is 377 cm³/mol. The van der Waals surface area contributed by atoms with Crippen LogP contribution in [0.4, 0.5) is 51.2 Å². The molecule has 0 amide bonds. The molecular formula is C86H58N4O3. The molecule has 6 aliphatic rings. The largest absolute Gasteiger partial charge is 0.455 e. The van der Waals surface area contributed by atoms with Crippen molar-refractivity contribution in [1.29, 1.82) is 0 Å². The van der Waals surface area contributed by atoms with E-state index in [0.29, 0.717) is 0 Å². The highest BCUT2D eigenvalue weighted by molar-refractivity contribution is 6.30. The van der Waals surface area contributed by atoms with E-state index in [9.17, 15) is 0 Å². The van der Waals surface area contributed by atoms with Crippen LogP contribution in [0.15, 0.2) is 252 Å². The van der Waals surface area contributed by atoms with E-state index in [1.165, 1.54) is 44.5 Å². The molecular weight excluding hydrogens is 1140 g/mol. The Morgan fingerprint density at radius 3 is 1.63 bits per heavy atom. The fraction of sp³-hybridized carbons (Fsp3) is 0.105. The lowest BCUT2D eigenvalue weighted by Gasteiger charge is -2.45. The van der Waals surface area contributed by atoms with Crippen LogP contribution in [0.25, 0.3) is 88.5 Å². The highest BCUT2D eigenvalue weighted by atomic mass is 16.5. The maximum Gasteiger partial charge on any atom is 0.160 e. The summed E-state index contributed by atoms with van der Waals surface area (Å²) in [5, 5.41) is 4.12. The minimum absolute atomic E-state index is 0.255. The molecule has 2 aliphatic heterocycles. The first-order valence-corrected chi connectivity index (χ1v) is 32.4. The van der Waals surface area contributed by atoms with Gasteiger partial charge in [0.2, 0.25) is 0 Å². The molecule has 93 heavy (non-hydrogen) atoms. The second-order valence-electron chi connectivity index (χ2n) is 27.4. The van der Waals surface area contributed by atoms with Crippen molar-refractivity contribution in [3.05, 3.63) is 298 Å². The summed E-state index contributed by atoms with van der Waals surface area (Å²) in [5.41, 5.74) is 31.9. The Balaban J connectivity index is 0.959. The summed E-state index contributed by atoms with van der Waals surface area (Å²) in [4.78, 5) is 13.3. The molecule has 0 saturated carbocycles. The molecule has 3 aromatic heterocycles. The number of para-hydroxylation sites is 5. The lowest BCUT2D eigenvalue weighted by atomic mass is 9.67. The maximum absolute atomic E-state index is 7.77. The zero-order chi connectivity index (χ0) is 61.7. The van der Waals surface area contributed by atoms with Gasteiger partial charge >= 0.3 is 0 Å². The third kappa shape index (κ3) is 6.28. The van der Waals surface area contributed by atoms with Crippen LogP contribution in [0.2, 0.25) is 0 Å². The number of ether oxygens (including phenoxy) is 1. The summed E-state index contributed by atoms with van der Waals surface area (Å²) in [7, 11) is 0. The number of rotatable bonds is 6. The molecule has 0 N–H and O–H groups in total. The number of nitrogens with zero attached hydrogens (tertiary/aromatic N) is 4. The predicted octanol–water partition coefficient (Wildman–Crippen LogP) is 23.3. The first-order chi connectivity index (χ1) is 45.5. The van der Waals surface area contributed by atoms with E-state index in [1.807, 2.05) is 6.20 Å². The lowest BCUT2D eigenvalue weighted by Crippen LogP contribution is -2.35. The lowest BCUT2D eigenvalue weighted by molar-refractivity contribution is 0.474. The third-order valence-corrected chi connectivity index (χ3v) is 21.8. The quantitative estimate of drug-likeness (QED) is 0.164. The van der Waals surface area contributed by atoms with Gasteiger partial charge in [0.05, 0.1) is 44.9 Å². The highest BCUT2D eigenvalue weighted by Crippen LogP contribution is 2.76. The zero-order valence-electron chi connectivity index (χ0n) is 52.1. The summed E-state index contributed by atoms with van der Waals surface area (Å²) < 4.78 is 22.7. The van der Waals surface area contributed by atoms with Crippen molar-refractivity contribution in [3.63, 3.8) is 0 Å². The van der Waals surface area contributed by atoms with Crippen LogP contribution in [0.1, 0.15) is 83.3 Å². The minimum Gasteiger partial charge on any atom is -0.455 e. The number of anilines is 9. The third-order valence-electron chi connectivity index (χ3n) is 21.8. The Bertz CT molecular complexity index is 5940. The Morgan fingerprint density at radius 1 is 0.398 bits per heavy atom. The van der Waals surface area contributed by atoms with Gasteiger partial charge in [0.15, 0.2) is 17.1 Å². The van der Waals surface area contributed by atoms with E-state index in [0.717, 1.165) is 162 Å². The van der Waals surface area contributed by atoms with E-state index in [-0.39, 0.29) is 10.8 Å².